The van der Waals surface area contributed by atoms with Crippen LogP contribution in [0.2, 0.25) is 0 Å². The van der Waals surface area contributed by atoms with Crippen LogP contribution >= 0.6 is 28.6 Å². The first-order chi connectivity index (χ1) is 9.16. The summed E-state index contributed by atoms with van der Waals surface area (Å²) in [6, 6.07) is 0. The molecule has 0 radical (unpaired) electrons. The first kappa shape index (κ1) is 16.8. The molecule has 0 aromatic carbocycles. The van der Waals surface area contributed by atoms with Crippen molar-refractivity contribution >= 4 is 28.6 Å². The van der Waals surface area contributed by atoms with Gasteiger partial charge < -0.3 is 0 Å². The lowest BCUT2D eigenvalue weighted by molar-refractivity contribution is 0.538. The Morgan fingerprint density at radius 2 is 1.74 bits per heavy atom. The van der Waals surface area contributed by atoms with E-state index in [1.807, 2.05) is 6.92 Å². The van der Waals surface area contributed by atoms with Gasteiger partial charge in [0, 0.05) is 6.54 Å². The number of thiol groups is 1. The minimum absolute atomic E-state index is 0.0290. The molecule has 0 amide bonds. The number of hydrogen-bond donors (Lipinski definition) is 1. The minimum Gasteiger partial charge on any atom is -0.298 e. The fourth-order valence-electron chi connectivity index (χ4n) is 1.98. The largest absolute Gasteiger partial charge is 0.298 e. The smallest absolute Gasteiger partial charge is 0.267 e. The molecule has 1 heterocycles. The number of unbranched alkanes of at least 4 members (excludes halogenated alkanes) is 6. The number of nitrogens with zero attached hydrogens (tertiary/aromatic N) is 2. The minimum atomic E-state index is 0.0290. The summed E-state index contributed by atoms with van der Waals surface area (Å²) in [6.45, 7) is 2.60. The lowest BCUT2D eigenvalue weighted by atomic mass is 10.1. The zero-order chi connectivity index (χ0) is 14.1. The van der Waals surface area contributed by atoms with Gasteiger partial charge in [-0.15, -0.1) is 0 Å². The molecule has 5 heteroatoms. The molecule has 0 saturated heterocycles. The van der Waals surface area contributed by atoms with Gasteiger partial charge in [-0.2, -0.15) is 12.6 Å². The molecule has 0 atom stereocenters. The molecule has 108 valence electrons. The van der Waals surface area contributed by atoms with Crippen molar-refractivity contribution in [1.82, 2.24) is 9.55 Å². The fraction of sp³-hybridized carbons (Fsp3) is 0.714. The summed E-state index contributed by atoms with van der Waals surface area (Å²) < 4.78 is 2.28. The van der Waals surface area contributed by atoms with E-state index in [0.29, 0.717) is 4.47 Å². The topological polar surface area (TPSA) is 34.9 Å². The first-order valence-corrected chi connectivity index (χ1v) is 8.41. The number of aryl methyl sites for hydroxylation is 2. The molecular weight excluding hydrogens is 324 g/mol. The molecular formula is C14H23BrN2OS. The van der Waals surface area contributed by atoms with Gasteiger partial charge in [0.25, 0.3) is 5.56 Å². The molecule has 0 aliphatic heterocycles. The average Bonchev–Trinajstić information content (AvgIpc) is 2.41. The van der Waals surface area contributed by atoms with E-state index < -0.39 is 0 Å². The normalized spacial score (nSPS) is 10.9. The van der Waals surface area contributed by atoms with Gasteiger partial charge in [0.15, 0.2) is 0 Å². The molecule has 0 aliphatic rings. The third-order valence-corrected chi connectivity index (χ3v) is 4.44. The summed E-state index contributed by atoms with van der Waals surface area (Å²) in [6.07, 6.45) is 10.2. The van der Waals surface area contributed by atoms with Crippen molar-refractivity contribution < 1.29 is 0 Å². The van der Waals surface area contributed by atoms with Crippen molar-refractivity contribution in [3.8, 4) is 0 Å². The van der Waals surface area contributed by atoms with Crippen LogP contribution < -0.4 is 5.56 Å². The summed E-state index contributed by atoms with van der Waals surface area (Å²) in [5.74, 6) is 0.998. The Balaban J connectivity index is 2.20. The Hall–Kier alpha value is -0.290. The maximum Gasteiger partial charge on any atom is 0.267 e. The Morgan fingerprint density at radius 3 is 2.37 bits per heavy atom. The average molecular weight is 347 g/mol. The monoisotopic (exact) mass is 346 g/mol. The summed E-state index contributed by atoms with van der Waals surface area (Å²) in [7, 11) is 0. The van der Waals surface area contributed by atoms with E-state index in [2.05, 4.69) is 33.5 Å². The predicted molar refractivity (Wildman–Crippen MR) is 87.1 cm³/mol. The molecule has 0 spiro atoms. The third-order valence-electron chi connectivity index (χ3n) is 3.21. The quantitative estimate of drug-likeness (QED) is 0.542. The van der Waals surface area contributed by atoms with E-state index in [0.717, 1.165) is 24.4 Å². The Labute approximate surface area is 129 Å². The molecule has 19 heavy (non-hydrogen) atoms. The summed E-state index contributed by atoms with van der Waals surface area (Å²) in [5.41, 5.74) is 0.784. The van der Waals surface area contributed by atoms with Crippen molar-refractivity contribution in [1.29, 1.82) is 0 Å². The van der Waals surface area contributed by atoms with Crippen molar-refractivity contribution in [3.05, 3.63) is 26.8 Å². The van der Waals surface area contributed by atoms with Gasteiger partial charge in [-0.1, -0.05) is 32.1 Å². The van der Waals surface area contributed by atoms with Crippen molar-refractivity contribution in [2.45, 2.75) is 58.4 Å². The molecule has 3 nitrogen and oxygen atoms in total. The van der Waals surface area contributed by atoms with Crippen LogP contribution in [0.4, 0.5) is 0 Å². The molecule has 1 aromatic heterocycles. The highest BCUT2D eigenvalue weighted by Crippen LogP contribution is 2.09. The molecule has 1 rings (SSSR count). The van der Waals surface area contributed by atoms with Crippen LogP contribution in [0.5, 0.6) is 0 Å². The highest BCUT2D eigenvalue weighted by Gasteiger charge is 2.04. The molecule has 0 fully saturated rings. The Kier molecular flexibility index (Phi) is 8.46. The van der Waals surface area contributed by atoms with Gasteiger partial charge >= 0.3 is 0 Å². The van der Waals surface area contributed by atoms with Crippen LogP contribution in [-0.2, 0) is 6.54 Å². The van der Waals surface area contributed by atoms with E-state index in [1.54, 1.807) is 10.9 Å². The number of halogens is 1. The molecule has 1 aromatic rings. The Morgan fingerprint density at radius 1 is 1.16 bits per heavy atom. The molecule has 0 unspecified atom stereocenters. The maximum atomic E-state index is 11.9. The highest BCUT2D eigenvalue weighted by molar-refractivity contribution is 9.10. The zero-order valence-corrected chi connectivity index (χ0v) is 14.0. The van der Waals surface area contributed by atoms with Gasteiger partial charge in [-0.05, 0) is 41.4 Å². The van der Waals surface area contributed by atoms with Crippen LogP contribution in [0.1, 0.15) is 50.6 Å². The first-order valence-electron chi connectivity index (χ1n) is 6.99. The van der Waals surface area contributed by atoms with E-state index in [-0.39, 0.29) is 5.56 Å². The van der Waals surface area contributed by atoms with Gasteiger partial charge in [-0.25, -0.2) is 4.98 Å². The summed E-state index contributed by atoms with van der Waals surface area (Å²) in [4.78, 5) is 16.1. The van der Waals surface area contributed by atoms with Crippen molar-refractivity contribution in [2.24, 2.45) is 0 Å². The number of rotatable bonds is 9. The highest BCUT2D eigenvalue weighted by atomic mass is 79.9. The second-order valence-electron chi connectivity index (χ2n) is 4.84. The SMILES string of the molecule is Cc1ncn(CCCCCCCCCS)c(=O)c1Br. The van der Waals surface area contributed by atoms with Gasteiger partial charge in [0.05, 0.1) is 12.0 Å². The summed E-state index contributed by atoms with van der Waals surface area (Å²) >= 11 is 7.49. The standard InChI is InChI=1S/C14H23BrN2OS/c1-12-13(15)14(18)17(11-16-12)9-7-5-3-2-4-6-8-10-19/h11,19H,2-10H2,1H3. The molecule has 0 bridgehead atoms. The molecule has 0 aliphatic carbocycles. The van der Waals surface area contributed by atoms with E-state index in [1.165, 1.54) is 38.5 Å². The summed E-state index contributed by atoms with van der Waals surface area (Å²) in [5, 5.41) is 0. The zero-order valence-electron chi connectivity index (χ0n) is 11.6. The van der Waals surface area contributed by atoms with Crippen LogP contribution in [-0.4, -0.2) is 15.3 Å². The second kappa shape index (κ2) is 9.59. The lowest BCUT2D eigenvalue weighted by Gasteiger charge is -2.06. The van der Waals surface area contributed by atoms with Crippen LogP contribution in [0.3, 0.4) is 0 Å². The van der Waals surface area contributed by atoms with Crippen LogP contribution in [0.15, 0.2) is 15.6 Å². The van der Waals surface area contributed by atoms with Crippen molar-refractivity contribution in [2.75, 3.05) is 5.75 Å². The van der Waals surface area contributed by atoms with Crippen LogP contribution in [0.25, 0.3) is 0 Å². The van der Waals surface area contributed by atoms with E-state index in [9.17, 15) is 4.79 Å². The van der Waals surface area contributed by atoms with Gasteiger partial charge in [0.1, 0.15) is 4.47 Å². The fourth-order valence-corrected chi connectivity index (χ4v) is 2.54. The lowest BCUT2D eigenvalue weighted by Crippen LogP contribution is -2.22. The van der Waals surface area contributed by atoms with E-state index in [4.69, 9.17) is 0 Å². The molecule has 0 saturated carbocycles. The van der Waals surface area contributed by atoms with Gasteiger partial charge in [0.2, 0.25) is 0 Å². The second-order valence-corrected chi connectivity index (χ2v) is 6.08. The van der Waals surface area contributed by atoms with Gasteiger partial charge in [-0.3, -0.25) is 9.36 Å². The van der Waals surface area contributed by atoms with Crippen LogP contribution in [0, 0.1) is 6.92 Å². The Bertz CT molecular complexity index is 434. The number of hydrogen-bond acceptors (Lipinski definition) is 3. The maximum absolute atomic E-state index is 11.9. The number of aromatic nitrogens is 2. The molecule has 0 N–H and O–H groups in total. The third kappa shape index (κ3) is 6.13. The predicted octanol–water partition coefficient (Wildman–Crippen LogP) is 3.97. The van der Waals surface area contributed by atoms with Crippen molar-refractivity contribution in [3.63, 3.8) is 0 Å². The van der Waals surface area contributed by atoms with E-state index >= 15 is 0 Å².